The van der Waals surface area contributed by atoms with Crippen LogP contribution in [0.3, 0.4) is 0 Å². The molecule has 1 aliphatic rings. The maximum atomic E-state index is 12.7. The summed E-state index contributed by atoms with van der Waals surface area (Å²) in [7, 11) is 0. The Morgan fingerprint density at radius 1 is 1.39 bits per heavy atom. The van der Waals surface area contributed by atoms with Gasteiger partial charge in [0.2, 0.25) is 5.91 Å². The summed E-state index contributed by atoms with van der Waals surface area (Å²) in [6.45, 7) is 2.29. The molecule has 1 saturated heterocycles. The lowest BCUT2D eigenvalue weighted by Crippen LogP contribution is -2.47. The summed E-state index contributed by atoms with van der Waals surface area (Å²) in [4.78, 5) is 36.8. The van der Waals surface area contributed by atoms with Gasteiger partial charge >= 0.3 is 5.97 Å². The number of aliphatic carboxylic acids is 1. The van der Waals surface area contributed by atoms with Gasteiger partial charge in [0, 0.05) is 35.7 Å². The Hall–Kier alpha value is -2.02. The summed E-state index contributed by atoms with van der Waals surface area (Å²) >= 11 is 1.66. The molecule has 1 unspecified atom stereocenters. The third-order valence-electron chi connectivity index (χ3n) is 3.61. The lowest BCUT2D eigenvalue weighted by molar-refractivity contribution is -0.138. The topological polar surface area (TPSA) is 86.7 Å². The van der Waals surface area contributed by atoms with E-state index in [0.717, 1.165) is 5.75 Å². The molecule has 7 heteroatoms. The number of thioether (sulfide) groups is 1. The van der Waals surface area contributed by atoms with Gasteiger partial charge in [-0.1, -0.05) is 13.0 Å². The van der Waals surface area contributed by atoms with Crippen LogP contribution in [0.5, 0.6) is 0 Å². The number of nitrogens with one attached hydrogen (secondary N) is 1. The van der Waals surface area contributed by atoms with Gasteiger partial charge < -0.3 is 15.3 Å². The first-order chi connectivity index (χ1) is 11.0. The molecule has 1 aliphatic heterocycles. The highest BCUT2D eigenvalue weighted by Crippen LogP contribution is 2.22. The van der Waals surface area contributed by atoms with Gasteiger partial charge in [-0.3, -0.25) is 14.4 Å². The summed E-state index contributed by atoms with van der Waals surface area (Å²) in [6.07, 6.45) is 0.313. The highest BCUT2D eigenvalue weighted by Gasteiger charge is 2.29. The van der Waals surface area contributed by atoms with Crippen LogP contribution in [0.4, 0.5) is 5.69 Å². The molecule has 2 rings (SSSR count). The van der Waals surface area contributed by atoms with Crippen LogP contribution in [0.25, 0.3) is 0 Å². The number of carboxylic acid groups (broad SMARTS) is 1. The van der Waals surface area contributed by atoms with Gasteiger partial charge in [0.1, 0.15) is 0 Å². The van der Waals surface area contributed by atoms with Gasteiger partial charge in [-0.15, -0.1) is 0 Å². The Morgan fingerprint density at radius 2 is 2.17 bits per heavy atom. The molecule has 1 aromatic rings. The normalized spacial score (nSPS) is 17.6. The molecule has 1 heterocycles. The van der Waals surface area contributed by atoms with Gasteiger partial charge in [0.05, 0.1) is 12.5 Å². The first-order valence-electron chi connectivity index (χ1n) is 7.51. The molecule has 0 spiro atoms. The minimum atomic E-state index is -0.903. The summed E-state index contributed by atoms with van der Waals surface area (Å²) in [6, 6.07) is 6.46. The molecule has 1 atom stereocenters. The number of anilines is 1. The van der Waals surface area contributed by atoms with Crippen molar-refractivity contribution in [3.8, 4) is 0 Å². The summed E-state index contributed by atoms with van der Waals surface area (Å²) in [5, 5.41) is 11.7. The molecule has 1 aromatic carbocycles. The first kappa shape index (κ1) is 17.3. The molecule has 6 nitrogen and oxygen atoms in total. The van der Waals surface area contributed by atoms with E-state index in [4.69, 9.17) is 5.11 Å². The fourth-order valence-electron chi connectivity index (χ4n) is 2.44. The number of rotatable bonds is 5. The molecule has 23 heavy (non-hydrogen) atoms. The summed E-state index contributed by atoms with van der Waals surface area (Å²) in [5.41, 5.74) is 1.03. The average Bonchev–Trinajstić information content (AvgIpc) is 2.54. The maximum absolute atomic E-state index is 12.7. The van der Waals surface area contributed by atoms with Crippen LogP contribution in [0.15, 0.2) is 24.3 Å². The van der Waals surface area contributed by atoms with Crippen LogP contribution in [0.2, 0.25) is 0 Å². The van der Waals surface area contributed by atoms with Gasteiger partial charge in [-0.25, -0.2) is 0 Å². The molecule has 2 amide bonds. The van der Waals surface area contributed by atoms with Crippen LogP contribution >= 0.6 is 11.8 Å². The van der Waals surface area contributed by atoms with Crippen LogP contribution in [0, 0.1) is 0 Å². The Kier molecular flexibility index (Phi) is 6.04. The second kappa shape index (κ2) is 8.01. The molecule has 0 radical (unpaired) electrons. The fraction of sp³-hybridized carbons (Fsp3) is 0.438. The van der Waals surface area contributed by atoms with E-state index in [1.54, 1.807) is 47.9 Å². The molecular formula is C16H20N2O4S. The lowest BCUT2D eigenvalue weighted by Gasteiger charge is -2.34. The number of benzene rings is 1. The van der Waals surface area contributed by atoms with E-state index in [1.807, 2.05) is 0 Å². The van der Waals surface area contributed by atoms with E-state index >= 15 is 0 Å². The Balaban J connectivity index is 2.16. The van der Waals surface area contributed by atoms with Gasteiger partial charge in [0.15, 0.2) is 0 Å². The predicted octanol–water partition coefficient (Wildman–Crippen LogP) is 2.07. The predicted molar refractivity (Wildman–Crippen MR) is 89.8 cm³/mol. The third kappa shape index (κ3) is 4.72. The van der Waals surface area contributed by atoms with E-state index in [-0.39, 0.29) is 24.3 Å². The van der Waals surface area contributed by atoms with Crippen LogP contribution in [-0.4, -0.2) is 51.9 Å². The van der Waals surface area contributed by atoms with Gasteiger partial charge in [0.25, 0.3) is 5.91 Å². The SMILES string of the molecule is CCC(=O)Nc1cccc(C(=O)N2CCSCC2CC(=O)O)c1. The molecule has 2 N–H and O–H groups in total. The van der Waals surface area contributed by atoms with Crippen molar-refractivity contribution in [3.63, 3.8) is 0 Å². The van der Waals surface area contributed by atoms with Crippen molar-refractivity contribution in [2.24, 2.45) is 0 Å². The Labute approximate surface area is 139 Å². The van der Waals surface area contributed by atoms with Gasteiger partial charge in [-0.05, 0) is 18.2 Å². The van der Waals surface area contributed by atoms with Crippen LogP contribution in [-0.2, 0) is 9.59 Å². The number of hydrogen-bond acceptors (Lipinski definition) is 4. The lowest BCUT2D eigenvalue weighted by atomic mass is 10.1. The molecule has 0 aromatic heterocycles. The number of carbonyl (C=O) groups excluding carboxylic acids is 2. The van der Waals surface area contributed by atoms with E-state index in [2.05, 4.69) is 5.32 Å². The van der Waals surface area contributed by atoms with Crippen molar-refractivity contribution in [3.05, 3.63) is 29.8 Å². The van der Waals surface area contributed by atoms with Crippen LogP contribution in [0.1, 0.15) is 30.1 Å². The van der Waals surface area contributed by atoms with Crippen LogP contribution < -0.4 is 5.32 Å². The summed E-state index contributed by atoms with van der Waals surface area (Å²) < 4.78 is 0. The molecule has 0 saturated carbocycles. The van der Waals surface area contributed by atoms with E-state index in [0.29, 0.717) is 30.0 Å². The van der Waals surface area contributed by atoms with Crippen molar-refractivity contribution in [1.82, 2.24) is 4.90 Å². The quantitative estimate of drug-likeness (QED) is 0.859. The number of hydrogen-bond donors (Lipinski definition) is 2. The van der Waals surface area contributed by atoms with Crippen molar-refractivity contribution >= 4 is 35.2 Å². The zero-order valence-corrected chi connectivity index (χ0v) is 13.8. The smallest absolute Gasteiger partial charge is 0.305 e. The molecule has 1 fully saturated rings. The highest BCUT2D eigenvalue weighted by atomic mass is 32.2. The number of carbonyl (C=O) groups is 3. The van der Waals surface area contributed by atoms with Crippen molar-refractivity contribution in [2.45, 2.75) is 25.8 Å². The standard InChI is InChI=1S/C16H20N2O4S/c1-2-14(19)17-12-5-3-4-11(8-12)16(22)18-6-7-23-10-13(18)9-15(20)21/h3-5,8,13H,2,6-7,9-10H2,1H3,(H,17,19)(H,20,21). The fourth-order valence-corrected chi connectivity index (χ4v) is 3.50. The minimum Gasteiger partial charge on any atom is -0.481 e. The Morgan fingerprint density at radius 3 is 2.87 bits per heavy atom. The second-order valence-corrected chi connectivity index (χ2v) is 6.46. The van der Waals surface area contributed by atoms with Gasteiger partial charge in [-0.2, -0.15) is 11.8 Å². The number of nitrogens with zero attached hydrogens (tertiary/aromatic N) is 1. The van der Waals surface area contributed by atoms with Crippen molar-refractivity contribution < 1.29 is 19.5 Å². The first-order valence-corrected chi connectivity index (χ1v) is 8.67. The summed E-state index contributed by atoms with van der Waals surface area (Å²) in [5.74, 6) is 0.217. The van der Waals surface area contributed by atoms with Crippen molar-refractivity contribution in [1.29, 1.82) is 0 Å². The van der Waals surface area contributed by atoms with E-state index in [1.165, 1.54) is 0 Å². The van der Waals surface area contributed by atoms with E-state index < -0.39 is 5.97 Å². The second-order valence-electron chi connectivity index (χ2n) is 5.31. The van der Waals surface area contributed by atoms with Crippen molar-refractivity contribution in [2.75, 3.05) is 23.4 Å². The number of amides is 2. The molecule has 124 valence electrons. The zero-order valence-electron chi connectivity index (χ0n) is 12.9. The van der Waals surface area contributed by atoms with E-state index in [9.17, 15) is 14.4 Å². The maximum Gasteiger partial charge on any atom is 0.305 e. The monoisotopic (exact) mass is 336 g/mol. The third-order valence-corrected chi connectivity index (χ3v) is 4.70. The average molecular weight is 336 g/mol. The zero-order chi connectivity index (χ0) is 16.8. The molecular weight excluding hydrogens is 316 g/mol. The molecule has 0 bridgehead atoms. The molecule has 0 aliphatic carbocycles. The number of carboxylic acids is 1. The Bertz CT molecular complexity index is 605. The largest absolute Gasteiger partial charge is 0.481 e. The highest BCUT2D eigenvalue weighted by molar-refractivity contribution is 7.99. The minimum absolute atomic E-state index is 0.0506.